The molecule has 0 radical (unpaired) electrons. The van der Waals surface area contributed by atoms with Crippen LogP contribution in [0.25, 0.3) is 11.3 Å². The standard InChI is InChI=1S/C21H20FN3O4/c1-25-17(11-16(24-25)13-2-5-15(22)6-3-13)21(27)23-12-18(26)14-4-7-19-20(10-14)29-9-8-28-19/h2-7,10-11,18,26H,8-9,12H2,1H3,(H,23,27)/t18-/m0/s1. The Bertz CT molecular complexity index is 1030. The fourth-order valence-corrected chi connectivity index (χ4v) is 3.11. The number of hydrogen-bond donors (Lipinski definition) is 2. The second kappa shape index (κ2) is 7.92. The molecule has 1 aromatic heterocycles. The SMILES string of the molecule is Cn1nc(-c2ccc(F)cc2)cc1C(=O)NC[C@H](O)c1ccc2c(c1)OCCO2. The zero-order valence-corrected chi connectivity index (χ0v) is 15.8. The average Bonchev–Trinajstić information content (AvgIpc) is 3.13. The van der Waals surface area contributed by atoms with Gasteiger partial charge < -0.3 is 19.9 Å². The van der Waals surface area contributed by atoms with Gasteiger partial charge in [0.25, 0.3) is 5.91 Å². The number of carbonyl (C=O) groups excluding carboxylic acids is 1. The van der Waals surface area contributed by atoms with Crippen molar-refractivity contribution in [2.24, 2.45) is 7.05 Å². The third-order valence-electron chi connectivity index (χ3n) is 4.66. The van der Waals surface area contributed by atoms with Gasteiger partial charge in [0.15, 0.2) is 11.5 Å². The van der Waals surface area contributed by atoms with Gasteiger partial charge in [-0.2, -0.15) is 5.10 Å². The van der Waals surface area contributed by atoms with E-state index in [1.54, 1.807) is 43.4 Å². The lowest BCUT2D eigenvalue weighted by Gasteiger charge is -2.20. The van der Waals surface area contributed by atoms with E-state index in [1.807, 2.05) is 0 Å². The first kappa shape index (κ1) is 18.9. The monoisotopic (exact) mass is 397 g/mol. The normalized spacial score (nSPS) is 13.8. The number of aryl methyl sites for hydroxylation is 1. The van der Waals surface area contributed by atoms with Crippen molar-refractivity contribution in [3.63, 3.8) is 0 Å². The zero-order chi connectivity index (χ0) is 20.4. The molecule has 1 aliphatic rings. The topological polar surface area (TPSA) is 85.6 Å². The summed E-state index contributed by atoms with van der Waals surface area (Å²) in [6, 6.07) is 12.7. The Balaban J connectivity index is 1.42. The van der Waals surface area contributed by atoms with Gasteiger partial charge in [0.1, 0.15) is 24.7 Å². The molecular weight excluding hydrogens is 377 g/mol. The smallest absolute Gasteiger partial charge is 0.269 e. The summed E-state index contributed by atoms with van der Waals surface area (Å²) < 4.78 is 25.5. The summed E-state index contributed by atoms with van der Waals surface area (Å²) in [5.74, 6) is 0.509. The molecule has 0 fully saturated rings. The molecular formula is C21H20FN3O4. The molecule has 0 saturated heterocycles. The minimum atomic E-state index is -0.903. The highest BCUT2D eigenvalue weighted by Gasteiger charge is 2.18. The van der Waals surface area contributed by atoms with E-state index in [9.17, 15) is 14.3 Å². The van der Waals surface area contributed by atoms with Gasteiger partial charge in [-0.3, -0.25) is 9.48 Å². The van der Waals surface area contributed by atoms with Gasteiger partial charge in [-0.1, -0.05) is 6.07 Å². The van der Waals surface area contributed by atoms with Crippen LogP contribution in [0.5, 0.6) is 11.5 Å². The molecule has 0 aliphatic carbocycles. The van der Waals surface area contributed by atoms with Crippen LogP contribution in [0.15, 0.2) is 48.5 Å². The molecule has 2 N–H and O–H groups in total. The lowest BCUT2D eigenvalue weighted by Crippen LogP contribution is -2.30. The lowest BCUT2D eigenvalue weighted by molar-refractivity contribution is 0.0906. The first-order valence-corrected chi connectivity index (χ1v) is 9.17. The average molecular weight is 397 g/mol. The number of amides is 1. The van der Waals surface area contributed by atoms with E-state index < -0.39 is 6.10 Å². The van der Waals surface area contributed by atoms with Crippen LogP contribution in [0.3, 0.4) is 0 Å². The van der Waals surface area contributed by atoms with E-state index in [0.717, 1.165) is 0 Å². The van der Waals surface area contributed by atoms with E-state index in [4.69, 9.17) is 9.47 Å². The third kappa shape index (κ3) is 4.07. The van der Waals surface area contributed by atoms with E-state index in [2.05, 4.69) is 10.4 Å². The lowest BCUT2D eigenvalue weighted by atomic mass is 10.1. The number of carbonyl (C=O) groups is 1. The predicted octanol–water partition coefficient (Wildman–Crippen LogP) is 2.46. The largest absolute Gasteiger partial charge is 0.486 e. The molecule has 0 spiro atoms. The molecule has 0 bridgehead atoms. The number of hydrogen-bond acceptors (Lipinski definition) is 5. The first-order chi connectivity index (χ1) is 14.0. The van der Waals surface area contributed by atoms with Crippen molar-refractivity contribution in [1.82, 2.24) is 15.1 Å². The molecule has 2 aromatic carbocycles. The molecule has 1 amide bonds. The van der Waals surface area contributed by atoms with E-state index in [0.29, 0.717) is 47.2 Å². The fraction of sp³-hybridized carbons (Fsp3) is 0.238. The Morgan fingerprint density at radius 1 is 1.17 bits per heavy atom. The molecule has 1 atom stereocenters. The molecule has 0 saturated carbocycles. The van der Waals surface area contributed by atoms with Crippen LogP contribution in [-0.4, -0.2) is 40.6 Å². The molecule has 8 heteroatoms. The Morgan fingerprint density at radius 3 is 2.66 bits per heavy atom. The van der Waals surface area contributed by atoms with Crippen molar-refractivity contribution < 1.29 is 23.8 Å². The number of nitrogens with one attached hydrogen (secondary N) is 1. The maximum atomic E-state index is 13.1. The number of aliphatic hydroxyl groups is 1. The quantitative estimate of drug-likeness (QED) is 0.691. The van der Waals surface area contributed by atoms with Gasteiger partial charge >= 0.3 is 0 Å². The Hall–Kier alpha value is -3.39. The van der Waals surface area contributed by atoms with Gasteiger partial charge in [-0.05, 0) is 48.0 Å². The number of benzene rings is 2. The van der Waals surface area contributed by atoms with Crippen molar-refractivity contribution in [3.8, 4) is 22.8 Å². The van der Waals surface area contributed by atoms with Crippen molar-refractivity contribution in [2.45, 2.75) is 6.10 Å². The van der Waals surface area contributed by atoms with Crippen LogP contribution in [0.4, 0.5) is 4.39 Å². The van der Waals surface area contributed by atoms with Crippen LogP contribution in [0.2, 0.25) is 0 Å². The molecule has 2 heterocycles. The predicted molar refractivity (Wildman–Crippen MR) is 103 cm³/mol. The first-order valence-electron chi connectivity index (χ1n) is 9.17. The third-order valence-corrected chi connectivity index (χ3v) is 4.66. The van der Waals surface area contributed by atoms with Gasteiger partial charge in [0, 0.05) is 19.2 Å². The van der Waals surface area contributed by atoms with Crippen LogP contribution >= 0.6 is 0 Å². The molecule has 150 valence electrons. The summed E-state index contributed by atoms with van der Waals surface area (Å²) in [6.07, 6.45) is -0.903. The number of fused-ring (bicyclic) bond motifs is 1. The molecule has 7 nitrogen and oxygen atoms in total. The van der Waals surface area contributed by atoms with Crippen LogP contribution < -0.4 is 14.8 Å². The number of ether oxygens (including phenoxy) is 2. The molecule has 0 unspecified atom stereocenters. The molecule has 29 heavy (non-hydrogen) atoms. The van der Waals surface area contributed by atoms with Gasteiger partial charge in [-0.15, -0.1) is 0 Å². The Morgan fingerprint density at radius 2 is 1.90 bits per heavy atom. The fourth-order valence-electron chi connectivity index (χ4n) is 3.11. The van der Waals surface area contributed by atoms with Crippen LogP contribution in [-0.2, 0) is 7.05 Å². The van der Waals surface area contributed by atoms with Gasteiger partial charge in [0.2, 0.25) is 0 Å². The minimum absolute atomic E-state index is 0.0234. The number of aliphatic hydroxyl groups excluding tert-OH is 1. The second-order valence-electron chi connectivity index (χ2n) is 6.67. The van der Waals surface area contributed by atoms with Crippen molar-refractivity contribution in [3.05, 3.63) is 65.6 Å². The Labute approximate surface area is 166 Å². The van der Waals surface area contributed by atoms with Crippen LogP contribution in [0, 0.1) is 5.82 Å². The number of nitrogens with zero attached hydrogens (tertiary/aromatic N) is 2. The zero-order valence-electron chi connectivity index (χ0n) is 15.8. The van der Waals surface area contributed by atoms with Gasteiger partial charge in [-0.25, -0.2) is 4.39 Å². The Kier molecular flexibility index (Phi) is 5.18. The highest BCUT2D eigenvalue weighted by atomic mass is 19.1. The maximum Gasteiger partial charge on any atom is 0.269 e. The number of halogens is 1. The molecule has 1 aliphatic heterocycles. The van der Waals surface area contributed by atoms with E-state index >= 15 is 0 Å². The highest BCUT2D eigenvalue weighted by Crippen LogP contribution is 2.32. The van der Waals surface area contributed by atoms with Crippen molar-refractivity contribution in [1.29, 1.82) is 0 Å². The summed E-state index contributed by atoms with van der Waals surface area (Å²) in [7, 11) is 1.65. The van der Waals surface area contributed by atoms with Crippen molar-refractivity contribution in [2.75, 3.05) is 19.8 Å². The van der Waals surface area contributed by atoms with Gasteiger partial charge in [0.05, 0.1) is 11.8 Å². The summed E-state index contributed by atoms with van der Waals surface area (Å²) in [6.45, 7) is 0.977. The van der Waals surface area contributed by atoms with Crippen LogP contribution in [0.1, 0.15) is 22.2 Å². The number of aromatic nitrogens is 2. The molecule has 4 rings (SSSR count). The second-order valence-corrected chi connectivity index (χ2v) is 6.67. The molecule has 3 aromatic rings. The van der Waals surface area contributed by atoms with E-state index in [-0.39, 0.29) is 18.3 Å². The van der Waals surface area contributed by atoms with E-state index in [1.165, 1.54) is 16.8 Å². The maximum absolute atomic E-state index is 13.1. The number of rotatable bonds is 5. The summed E-state index contributed by atoms with van der Waals surface area (Å²) in [5.41, 5.74) is 2.22. The summed E-state index contributed by atoms with van der Waals surface area (Å²) in [4.78, 5) is 12.5. The highest BCUT2D eigenvalue weighted by molar-refractivity contribution is 5.93. The summed E-state index contributed by atoms with van der Waals surface area (Å²) in [5, 5.41) is 17.4. The van der Waals surface area contributed by atoms with Crippen molar-refractivity contribution >= 4 is 5.91 Å². The minimum Gasteiger partial charge on any atom is -0.486 e. The summed E-state index contributed by atoms with van der Waals surface area (Å²) >= 11 is 0.